The molecule has 3 heteroatoms. The van der Waals surface area contributed by atoms with Crippen molar-refractivity contribution in [3.05, 3.63) is 11.8 Å². The van der Waals surface area contributed by atoms with Crippen molar-refractivity contribution in [3.8, 4) is 5.88 Å². The van der Waals surface area contributed by atoms with Crippen molar-refractivity contribution in [2.75, 3.05) is 0 Å². The summed E-state index contributed by atoms with van der Waals surface area (Å²) in [7, 11) is 0. The van der Waals surface area contributed by atoms with Crippen LogP contribution in [0.3, 0.4) is 0 Å². The molecule has 1 N–H and O–H groups in total. The second-order valence-electron chi connectivity index (χ2n) is 3.81. The molecule has 0 atom stereocenters. The summed E-state index contributed by atoms with van der Waals surface area (Å²) in [5.41, 5.74) is 1.13. The van der Waals surface area contributed by atoms with Crippen LogP contribution in [0.15, 0.2) is 6.07 Å². The van der Waals surface area contributed by atoms with Gasteiger partial charge in [-0.1, -0.05) is 20.8 Å². The Hall–Kier alpha value is -0.990. The molecular weight excluding hydrogens is 164 g/mol. The third-order valence-electron chi connectivity index (χ3n) is 1.90. The van der Waals surface area contributed by atoms with Gasteiger partial charge >= 0.3 is 0 Å². The minimum absolute atomic E-state index is 0.143. The van der Waals surface area contributed by atoms with Crippen LogP contribution in [0.1, 0.15) is 32.9 Å². The number of nitrogens with zero attached hydrogens (tertiary/aromatic N) is 2. The van der Waals surface area contributed by atoms with Crippen LogP contribution in [-0.4, -0.2) is 14.9 Å². The summed E-state index contributed by atoms with van der Waals surface area (Å²) in [5, 5.41) is 13.3. The first-order valence-corrected chi connectivity index (χ1v) is 4.89. The molecule has 1 aromatic rings. The molecule has 0 saturated heterocycles. The molecule has 0 bridgehead atoms. The quantitative estimate of drug-likeness (QED) is 0.775. The largest absolute Gasteiger partial charge is 0.492 e. The Balaban J connectivity index is 2.77. The monoisotopic (exact) mass is 182 g/mol. The van der Waals surface area contributed by atoms with Gasteiger partial charge in [0, 0.05) is 18.3 Å². The average molecular weight is 182 g/mol. The van der Waals surface area contributed by atoms with E-state index in [-0.39, 0.29) is 5.88 Å². The molecule has 0 spiro atoms. The van der Waals surface area contributed by atoms with Crippen molar-refractivity contribution in [2.24, 2.45) is 5.92 Å². The average Bonchev–Trinajstić information content (AvgIpc) is 2.31. The molecule has 3 nitrogen and oxygen atoms in total. The lowest BCUT2D eigenvalue weighted by Gasteiger charge is -2.07. The minimum Gasteiger partial charge on any atom is -0.492 e. The fraction of sp³-hybridized carbons (Fsp3) is 0.700. The maximum atomic E-state index is 9.24. The van der Waals surface area contributed by atoms with E-state index in [9.17, 15) is 5.11 Å². The second-order valence-corrected chi connectivity index (χ2v) is 3.81. The Morgan fingerprint density at radius 2 is 2.23 bits per heavy atom. The molecule has 0 fully saturated rings. The van der Waals surface area contributed by atoms with Crippen LogP contribution in [-0.2, 0) is 13.0 Å². The first-order valence-electron chi connectivity index (χ1n) is 4.89. The highest BCUT2D eigenvalue weighted by Crippen LogP contribution is 2.14. The molecule has 0 aromatic carbocycles. The topological polar surface area (TPSA) is 38.0 Å². The summed E-state index contributed by atoms with van der Waals surface area (Å²) < 4.78 is 1.90. The number of aromatic hydroxyl groups is 1. The summed E-state index contributed by atoms with van der Waals surface area (Å²) in [5.74, 6) is 0.746. The number of hydrogen-bond donors (Lipinski definition) is 1. The van der Waals surface area contributed by atoms with Crippen LogP contribution in [0.25, 0.3) is 0 Å². The second kappa shape index (κ2) is 4.30. The smallest absolute Gasteiger partial charge is 0.230 e. The molecule has 0 aliphatic rings. The Kier molecular flexibility index (Phi) is 3.34. The number of hydrogen-bond acceptors (Lipinski definition) is 2. The molecule has 13 heavy (non-hydrogen) atoms. The van der Waals surface area contributed by atoms with Gasteiger partial charge in [0.1, 0.15) is 0 Å². The zero-order valence-corrected chi connectivity index (χ0v) is 8.62. The van der Waals surface area contributed by atoms with Crippen molar-refractivity contribution < 1.29 is 5.11 Å². The fourth-order valence-electron chi connectivity index (χ4n) is 1.43. The van der Waals surface area contributed by atoms with E-state index in [4.69, 9.17) is 0 Å². The van der Waals surface area contributed by atoms with Crippen LogP contribution in [0.2, 0.25) is 0 Å². The molecule has 0 aliphatic carbocycles. The lowest BCUT2D eigenvalue weighted by atomic mass is 10.1. The van der Waals surface area contributed by atoms with Crippen molar-refractivity contribution in [3.63, 3.8) is 0 Å². The van der Waals surface area contributed by atoms with Crippen molar-refractivity contribution in [1.82, 2.24) is 9.78 Å². The Morgan fingerprint density at radius 3 is 2.77 bits per heavy atom. The van der Waals surface area contributed by atoms with Crippen molar-refractivity contribution in [1.29, 1.82) is 0 Å². The van der Waals surface area contributed by atoms with Crippen molar-refractivity contribution >= 4 is 0 Å². The van der Waals surface area contributed by atoms with Gasteiger partial charge < -0.3 is 5.11 Å². The molecule has 0 unspecified atom stereocenters. The molecule has 1 aromatic heterocycles. The van der Waals surface area contributed by atoms with Crippen LogP contribution < -0.4 is 0 Å². The highest BCUT2D eigenvalue weighted by Gasteiger charge is 2.07. The number of rotatable bonds is 4. The molecule has 1 rings (SSSR count). The standard InChI is InChI=1S/C10H18N2O/c1-4-5-12-9(6-8(2)3)7-10(13)11-12/h7-8H,4-6H2,1-3H3,(H,11,13). The van der Waals surface area contributed by atoms with E-state index >= 15 is 0 Å². The van der Waals surface area contributed by atoms with E-state index in [1.807, 2.05) is 4.68 Å². The maximum Gasteiger partial charge on any atom is 0.230 e. The summed E-state index contributed by atoms with van der Waals surface area (Å²) in [4.78, 5) is 0. The van der Waals surface area contributed by atoms with Gasteiger partial charge in [-0.15, -0.1) is 5.10 Å². The van der Waals surface area contributed by atoms with Gasteiger partial charge in [-0.05, 0) is 18.8 Å². The maximum absolute atomic E-state index is 9.24. The fourth-order valence-corrected chi connectivity index (χ4v) is 1.43. The predicted molar refractivity (Wildman–Crippen MR) is 52.7 cm³/mol. The van der Waals surface area contributed by atoms with Crippen LogP contribution in [0.5, 0.6) is 5.88 Å². The van der Waals surface area contributed by atoms with Crippen LogP contribution in [0, 0.1) is 5.92 Å². The highest BCUT2D eigenvalue weighted by molar-refractivity contribution is 5.14. The molecule has 0 saturated carbocycles. The zero-order chi connectivity index (χ0) is 9.84. The van der Waals surface area contributed by atoms with E-state index in [0.717, 1.165) is 25.1 Å². The highest BCUT2D eigenvalue weighted by atomic mass is 16.3. The first-order chi connectivity index (χ1) is 6.13. The molecule has 0 amide bonds. The van der Waals surface area contributed by atoms with E-state index in [1.165, 1.54) is 0 Å². The molecule has 1 heterocycles. The summed E-state index contributed by atoms with van der Waals surface area (Å²) in [6.45, 7) is 7.33. The summed E-state index contributed by atoms with van der Waals surface area (Å²) in [6.07, 6.45) is 2.03. The molecule has 74 valence electrons. The van der Waals surface area contributed by atoms with Crippen molar-refractivity contribution in [2.45, 2.75) is 40.2 Å². The summed E-state index contributed by atoms with van der Waals surface area (Å²) in [6, 6.07) is 1.76. The van der Waals surface area contributed by atoms with E-state index in [0.29, 0.717) is 5.92 Å². The Bertz CT molecular complexity index is 266. The SMILES string of the molecule is CCCn1nc(O)cc1CC(C)C. The zero-order valence-electron chi connectivity index (χ0n) is 8.62. The van der Waals surface area contributed by atoms with Gasteiger partial charge in [-0.2, -0.15) is 0 Å². The van der Waals surface area contributed by atoms with Gasteiger partial charge in [0.2, 0.25) is 5.88 Å². The van der Waals surface area contributed by atoms with Gasteiger partial charge in [-0.25, -0.2) is 0 Å². The van der Waals surface area contributed by atoms with Gasteiger partial charge in [0.05, 0.1) is 0 Å². The first kappa shape index (κ1) is 10.1. The predicted octanol–water partition coefficient (Wildman–Crippen LogP) is 2.20. The Labute approximate surface area is 79.4 Å². The number of aromatic nitrogens is 2. The normalized spacial score (nSPS) is 11.1. The molecule has 0 aliphatic heterocycles. The minimum atomic E-state index is 0.143. The van der Waals surface area contributed by atoms with Gasteiger partial charge in [-0.3, -0.25) is 4.68 Å². The Morgan fingerprint density at radius 1 is 1.54 bits per heavy atom. The van der Waals surface area contributed by atoms with E-state index < -0.39 is 0 Å². The van der Waals surface area contributed by atoms with E-state index in [2.05, 4.69) is 25.9 Å². The number of aryl methyl sites for hydroxylation is 1. The lowest BCUT2D eigenvalue weighted by Crippen LogP contribution is -2.06. The van der Waals surface area contributed by atoms with Crippen LogP contribution in [0.4, 0.5) is 0 Å². The van der Waals surface area contributed by atoms with Gasteiger partial charge in [0.15, 0.2) is 0 Å². The molecule has 0 radical (unpaired) electrons. The third kappa shape index (κ3) is 2.76. The molecular formula is C10H18N2O. The van der Waals surface area contributed by atoms with Crippen LogP contribution >= 0.6 is 0 Å². The van der Waals surface area contributed by atoms with E-state index in [1.54, 1.807) is 6.07 Å². The van der Waals surface area contributed by atoms with Gasteiger partial charge in [0.25, 0.3) is 0 Å². The lowest BCUT2D eigenvalue weighted by molar-refractivity contribution is 0.434. The summed E-state index contributed by atoms with van der Waals surface area (Å²) >= 11 is 0. The third-order valence-corrected chi connectivity index (χ3v) is 1.90.